The monoisotopic (exact) mass is 768 g/mol. The number of ether oxygens (including phenoxy) is 1. The van der Waals surface area contributed by atoms with Gasteiger partial charge >= 0.3 is 0 Å². The van der Waals surface area contributed by atoms with E-state index in [2.05, 4.69) is 50.5 Å². The number of rotatable bonds is 5. The molecular weight excluding hydrogens is 757 g/mol. The van der Waals surface area contributed by atoms with Crippen molar-refractivity contribution in [3.05, 3.63) is 93.5 Å². The number of nitrogens with zero attached hydrogens (tertiary/aromatic N) is 1. The highest BCUT2D eigenvalue weighted by molar-refractivity contribution is 14.1. The zero-order valence-corrected chi connectivity index (χ0v) is 24.8. The fourth-order valence-electron chi connectivity index (χ4n) is 3.24. The summed E-state index contributed by atoms with van der Waals surface area (Å²) >= 11 is 27.9. The normalized spacial score (nSPS) is 14.9. The van der Waals surface area contributed by atoms with E-state index in [9.17, 15) is 9.59 Å². The van der Waals surface area contributed by atoms with Crippen molar-refractivity contribution in [1.29, 1.82) is 0 Å². The molecule has 178 valence electrons. The van der Waals surface area contributed by atoms with Crippen molar-refractivity contribution in [2.24, 2.45) is 0 Å². The van der Waals surface area contributed by atoms with E-state index in [1.54, 1.807) is 18.2 Å². The first kappa shape index (κ1) is 26.6. The number of benzene rings is 3. The molecule has 0 aromatic heterocycles. The molecule has 0 spiro atoms. The third-order valence-corrected chi connectivity index (χ3v) is 7.85. The van der Waals surface area contributed by atoms with Crippen LogP contribution in [0.25, 0.3) is 6.08 Å². The molecule has 2 amide bonds. The van der Waals surface area contributed by atoms with E-state index in [1.807, 2.05) is 36.4 Å². The Morgan fingerprint density at radius 1 is 1.00 bits per heavy atom. The maximum absolute atomic E-state index is 13.3. The van der Waals surface area contributed by atoms with Gasteiger partial charge in [0.05, 0.1) is 22.9 Å². The summed E-state index contributed by atoms with van der Waals surface area (Å²) in [7, 11) is 0. The highest BCUT2D eigenvalue weighted by Gasteiger charge is 2.35. The first-order valence-corrected chi connectivity index (χ1v) is 13.6. The molecule has 1 aliphatic rings. The number of hydrogen-bond donors (Lipinski definition) is 1. The predicted octanol–water partition coefficient (Wildman–Crippen LogP) is 7.27. The minimum Gasteiger partial charge on any atom is -0.487 e. The minimum atomic E-state index is -0.601. The van der Waals surface area contributed by atoms with Crippen LogP contribution in [0.2, 0.25) is 15.1 Å². The van der Waals surface area contributed by atoms with Crippen LogP contribution < -0.4 is 15.0 Å². The Bertz CT molecular complexity index is 1370. The lowest BCUT2D eigenvalue weighted by Gasteiger charge is -2.29. The zero-order chi connectivity index (χ0) is 25.3. The SMILES string of the molecule is O=C1NC(=S)N(c2cccc(Cl)c2Cl)C(=O)/C1=C/c1cc(I)c(OCc2ccc(Cl)cc2)c(I)c1. The second-order valence-electron chi connectivity index (χ2n) is 7.26. The molecule has 5 nitrogen and oxygen atoms in total. The molecule has 1 fully saturated rings. The van der Waals surface area contributed by atoms with Crippen LogP contribution in [0.15, 0.2) is 60.2 Å². The Hall–Kier alpha value is -1.44. The van der Waals surface area contributed by atoms with Crippen LogP contribution in [0, 0.1) is 7.14 Å². The average molecular weight is 770 g/mol. The fraction of sp³-hybridized carbons (Fsp3) is 0.0417. The summed E-state index contributed by atoms with van der Waals surface area (Å²) in [5.74, 6) is -0.491. The van der Waals surface area contributed by atoms with E-state index in [4.69, 9.17) is 51.8 Å². The standard InChI is InChI=1S/C24H13Cl3I2N2O3S/c25-14-6-4-12(5-7-14)11-34-21-17(28)9-13(10-18(21)29)8-15-22(32)30-24(35)31(23(15)33)19-3-1-2-16(26)20(19)27/h1-10H,11H2,(H,30,32,35)/b15-8+. The van der Waals surface area contributed by atoms with Crippen LogP contribution in [0.1, 0.15) is 11.1 Å². The number of thiocarbonyl (C=S) groups is 1. The Kier molecular flexibility index (Phi) is 8.60. The minimum absolute atomic E-state index is 0.0728. The van der Waals surface area contributed by atoms with Crippen LogP contribution in [0.3, 0.4) is 0 Å². The Morgan fingerprint density at radius 2 is 1.66 bits per heavy atom. The summed E-state index contributed by atoms with van der Waals surface area (Å²) in [6.45, 7) is 0.372. The van der Waals surface area contributed by atoms with Gasteiger partial charge in [0.25, 0.3) is 11.8 Å². The molecular formula is C24H13Cl3I2N2O3S. The highest BCUT2D eigenvalue weighted by atomic mass is 127. The van der Waals surface area contributed by atoms with Gasteiger partial charge in [-0.1, -0.05) is 53.0 Å². The maximum Gasteiger partial charge on any atom is 0.270 e. The molecule has 0 saturated carbocycles. The smallest absolute Gasteiger partial charge is 0.270 e. The third-order valence-electron chi connectivity index (χ3n) is 4.90. The van der Waals surface area contributed by atoms with Crippen molar-refractivity contribution in [2.75, 3.05) is 4.90 Å². The van der Waals surface area contributed by atoms with Crippen LogP contribution in [-0.4, -0.2) is 16.9 Å². The van der Waals surface area contributed by atoms with Gasteiger partial charge in [0.2, 0.25) is 0 Å². The van der Waals surface area contributed by atoms with Crippen LogP contribution in [0.5, 0.6) is 5.75 Å². The molecule has 0 bridgehead atoms. The number of amides is 2. The van der Waals surface area contributed by atoms with E-state index in [0.29, 0.717) is 22.9 Å². The summed E-state index contributed by atoms with van der Waals surface area (Å²) in [5, 5.41) is 3.56. The van der Waals surface area contributed by atoms with E-state index in [0.717, 1.165) is 17.6 Å². The number of hydrogen-bond acceptors (Lipinski definition) is 4. The molecule has 4 rings (SSSR count). The molecule has 1 aliphatic heterocycles. The summed E-state index contributed by atoms with van der Waals surface area (Å²) in [4.78, 5) is 27.1. The molecule has 11 heteroatoms. The summed E-state index contributed by atoms with van der Waals surface area (Å²) in [6, 6.07) is 15.9. The molecule has 0 aliphatic carbocycles. The number of halogens is 5. The summed E-state index contributed by atoms with van der Waals surface area (Å²) in [6.07, 6.45) is 1.51. The van der Waals surface area contributed by atoms with E-state index >= 15 is 0 Å². The molecule has 0 unspecified atom stereocenters. The van der Waals surface area contributed by atoms with Crippen LogP contribution in [0.4, 0.5) is 5.69 Å². The van der Waals surface area contributed by atoms with Gasteiger partial charge in [0.15, 0.2) is 5.11 Å². The van der Waals surface area contributed by atoms with Gasteiger partial charge in [-0.25, -0.2) is 0 Å². The topological polar surface area (TPSA) is 58.6 Å². The lowest BCUT2D eigenvalue weighted by molar-refractivity contribution is -0.122. The second-order valence-corrected chi connectivity index (χ2v) is 11.2. The van der Waals surface area contributed by atoms with Crippen molar-refractivity contribution in [2.45, 2.75) is 6.61 Å². The lowest BCUT2D eigenvalue weighted by atomic mass is 10.1. The second kappa shape index (κ2) is 11.3. The maximum atomic E-state index is 13.3. The van der Waals surface area contributed by atoms with Crippen LogP contribution >= 0.6 is 92.2 Å². The van der Waals surface area contributed by atoms with Crippen molar-refractivity contribution >= 4 is 121 Å². The predicted molar refractivity (Wildman–Crippen MR) is 160 cm³/mol. The molecule has 35 heavy (non-hydrogen) atoms. The first-order valence-electron chi connectivity index (χ1n) is 9.87. The average Bonchev–Trinajstić information content (AvgIpc) is 2.80. The Labute approximate surface area is 249 Å². The van der Waals surface area contributed by atoms with Gasteiger partial charge in [0.1, 0.15) is 17.9 Å². The van der Waals surface area contributed by atoms with Gasteiger partial charge in [-0.2, -0.15) is 0 Å². The van der Waals surface area contributed by atoms with Gasteiger partial charge in [-0.05, 0) is 111 Å². The molecule has 1 heterocycles. The number of carbonyl (C=O) groups excluding carboxylic acids is 2. The molecule has 0 atom stereocenters. The Balaban J connectivity index is 1.63. The van der Waals surface area contributed by atoms with Crippen LogP contribution in [-0.2, 0) is 16.2 Å². The van der Waals surface area contributed by atoms with Crippen molar-refractivity contribution in [3.63, 3.8) is 0 Å². The van der Waals surface area contributed by atoms with E-state index < -0.39 is 11.8 Å². The van der Waals surface area contributed by atoms with Gasteiger partial charge in [-0.3, -0.25) is 19.8 Å². The molecule has 1 N–H and O–H groups in total. The zero-order valence-electron chi connectivity index (χ0n) is 17.5. The number of carbonyl (C=O) groups is 2. The third kappa shape index (κ3) is 5.94. The molecule has 1 saturated heterocycles. The summed E-state index contributed by atoms with van der Waals surface area (Å²) < 4.78 is 7.66. The fourth-order valence-corrected chi connectivity index (χ4v) is 6.15. The van der Waals surface area contributed by atoms with Gasteiger partial charge in [-0.15, -0.1) is 0 Å². The lowest BCUT2D eigenvalue weighted by Crippen LogP contribution is -2.54. The number of anilines is 1. The van der Waals surface area contributed by atoms with Crippen molar-refractivity contribution in [1.82, 2.24) is 5.32 Å². The molecule has 3 aromatic carbocycles. The van der Waals surface area contributed by atoms with Gasteiger partial charge in [0, 0.05) is 5.02 Å². The van der Waals surface area contributed by atoms with E-state index in [-0.39, 0.29) is 26.4 Å². The Morgan fingerprint density at radius 3 is 2.31 bits per heavy atom. The molecule has 3 aromatic rings. The quantitative estimate of drug-likeness (QED) is 0.129. The summed E-state index contributed by atoms with van der Waals surface area (Å²) in [5.41, 5.74) is 1.83. The highest BCUT2D eigenvalue weighted by Crippen LogP contribution is 2.35. The number of nitrogens with one attached hydrogen (secondary N) is 1. The van der Waals surface area contributed by atoms with Gasteiger partial charge < -0.3 is 4.74 Å². The van der Waals surface area contributed by atoms with Crippen molar-refractivity contribution in [3.8, 4) is 5.75 Å². The molecule has 0 radical (unpaired) electrons. The first-order chi connectivity index (χ1) is 16.7. The largest absolute Gasteiger partial charge is 0.487 e. The van der Waals surface area contributed by atoms with E-state index in [1.165, 1.54) is 6.08 Å². The van der Waals surface area contributed by atoms with Crippen molar-refractivity contribution < 1.29 is 14.3 Å².